The molecule has 4 aromatic rings. The van der Waals surface area contributed by atoms with E-state index in [2.05, 4.69) is 51.7 Å². The van der Waals surface area contributed by atoms with E-state index in [9.17, 15) is 0 Å². The molecular formula is C18H14N4S. The summed E-state index contributed by atoms with van der Waals surface area (Å²) >= 11 is 1.68. The zero-order valence-corrected chi connectivity index (χ0v) is 13.3. The molecule has 5 heteroatoms. The van der Waals surface area contributed by atoms with Gasteiger partial charge in [0.25, 0.3) is 0 Å². The number of anilines is 1. The summed E-state index contributed by atoms with van der Waals surface area (Å²) in [4.78, 5) is 9.58. The Balaban J connectivity index is 1.84. The Labute approximate surface area is 137 Å². The minimum Gasteiger partial charge on any atom is -0.359 e. The molecule has 0 saturated heterocycles. The van der Waals surface area contributed by atoms with Gasteiger partial charge in [-0.15, -0.1) is 11.3 Å². The molecule has 5 rings (SSSR count). The number of fused-ring (bicyclic) bond motifs is 5. The molecule has 112 valence electrons. The zero-order chi connectivity index (χ0) is 15.4. The Kier molecular flexibility index (Phi) is 2.60. The maximum absolute atomic E-state index is 4.88. The number of hydrogen-bond donors (Lipinski definition) is 1. The van der Waals surface area contributed by atoms with Gasteiger partial charge in [-0.3, -0.25) is 4.57 Å². The largest absolute Gasteiger partial charge is 0.359 e. The highest BCUT2D eigenvalue weighted by atomic mass is 32.1. The van der Waals surface area contributed by atoms with Crippen molar-refractivity contribution in [2.75, 3.05) is 5.32 Å². The first-order valence-corrected chi connectivity index (χ1v) is 8.44. The molecule has 0 fully saturated rings. The minimum absolute atomic E-state index is 0.0303. The number of thiazole rings is 1. The number of nitrogens with one attached hydrogen (secondary N) is 1. The molecule has 0 radical (unpaired) electrons. The zero-order valence-electron chi connectivity index (χ0n) is 12.5. The van der Waals surface area contributed by atoms with Crippen LogP contribution in [0, 0.1) is 6.92 Å². The standard InChI is InChI=1S/C18H14N4S/c1-11-19-15(10-23-11)18-20-13-7-3-2-6-12(13)17-21-14-8-4-5-9-16(14)22(17)18/h2-10,18,20H,1H3. The second-order valence-corrected chi connectivity index (χ2v) is 6.74. The van der Waals surface area contributed by atoms with Gasteiger partial charge in [0.05, 0.1) is 21.7 Å². The van der Waals surface area contributed by atoms with Gasteiger partial charge < -0.3 is 5.32 Å². The fourth-order valence-corrected chi connectivity index (χ4v) is 3.85. The number of benzene rings is 2. The number of rotatable bonds is 1. The molecule has 0 saturated carbocycles. The van der Waals surface area contributed by atoms with Gasteiger partial charge in [0.15, 0.2) is 0 Å². The molecule has 1 unspecified atom stereocenters. The first-order valence-electron chi connectivity index (χ1n) is 7.56. The number of para-hydroxylation sites is 3. The van der Waals surface area contributed by atoms with Gasteiger partial charge in [-0.2, -0.15) is 0 Å². The lowest BCUT2D eigenvalue weighted by Gasteiger charge is -2.28. The monoisotopic (exact) mass is 318 g/mol. The summed E-state index contributed by atoms with van der Waals surface area (Å²) in [6, 6.07) is 16.6. The van der Waals surface area contributed by atoms with Crippen molar-refractivity contribution in [1.29, 1.82) is 0 Å². The van der Waals surface area contributed by atoms with Crippen molar-refractivity contribution in [2.45, 2.75) is 13.1 Å². The van der Waals surface area contributed by atoms with Gasteiger partial charge in [-0.1, -0.05) is 24.3 Å². The van der Waals surface area contributed by atoms with Crippen LogP contribution < -0.4 is 5.32 Å². The maximum Gasteiger partial charge on any atom is 0.150 e. The summed E-state index contributed by atoms with van der Waals surface area (Å²) in [6.07, 6.45) is -0.0303. The third-order valence-corrected chi connectivity index (χ3v) is 5.02. The molecule has 1 N–H and O–H groups in total. The van der Waals surface area contributed by atoms with Crippen LogP contribution in [-0.4, -0.2) is 14.5 Å². The van der Waals surface area contributed by atoms with E-state index in [1.165, 1.54) is 0 Å². The Morgan fingerprint density at radius 3 is 2.74 bits per heavy atom. The molecule has 2 aromatic heterocycles. The van der Waals surface area contributed by atoms with E-state index in [4.69, 9.17) is 9.97 Å². The van der Waals surface area contributed by atoms with E-state index >= 15 is 0 Å². The average Bonchev–Trinajstić information content (AvgIpc) is 3.18. The summed E-state index contributed by atoms with van der Waals surface area (Å²) in [5.74, 6) is 0.996. The molecule has 0 bridgehead atoms. The van der Waals surface area contributed by atoms with Crippen LogP contribution in [-0.2, 0) is 0 Å². The third kappa shape index (κ3) is 1.83. The molecule has 23 heavy (non-hydrogen) atoms. The topological polar surface area (TPSA) is 42.7 Å². The van der Waals surface area contributed by atoms with Gasteiger partial charge in [0.1, 0.15) is 12.0 Å². The van der Waals surface area contributed by atoms with Gasteiger partial charge in [-0.25, -0.2) is 9.97 Å². The summed E-state index contributed by atoms with van der Waals surface area (Å²) in [7, 11) is 0. The minimum atomic E-state index is -0.0303. The SMILES string of the molecule is Cc1nc(C2Nc3ccccc3-c3nc4ccccc4n32)cs1. The van der Waals surface area contributed by atoms with Crippen molar-refractivity contribution >= 4 is 28.1 Å². The second kappa shape index (κ2) is 4.67. The van der Waals surface area contributed by atoms with Crippen LogP contribution in [0.1, 0.15) is 16.9 Å². The van der Waals surface area contributed by atoms with Crippen LogP contribution in [0.15, 0.2) is 53.9 Å². The number of nitrogens with zero attached hydrogens (tertiary/aromatic N) is 3. The summed E-state index contributed by atoms with van der Waals surface area (Å²) in [5, 5.41) is 6.83. The van der Waals surface area contributed by atoms with E-state index in [1.54, 1.807) is 11.3 Å². The molecule has 1 atom stereocenters. The first kappa shape index (κ1) is 12.8. The number of imidazole rings is 1. The van der Waals surface area contributed by atoms with Gasteiger partial charge in [0.2, 0.25) is 0 Å². The molecule has 0 amide bonds. The lowest BCUT2D eigenvalue weighted by molar-refractivity contribution is 0.652. The van der Waals surface area contributed by atoms with E-state index in [0.717, 1.165) is 38.8 Å². The fraction of sp³-hybridized carbons (Fsp3) is 0.111. The predicted molar refractivity (Wildman–Crippen MR) is 93.8 cm³/mol. The highest BCUT2D eigenvalue weighted by molar-refractivity contribution is 7.09. The lowest BCUT2D eigenvalue weighted by atomic mass is 10.1. The van der Waals surface area contributed by atoms with Crippen LogP contribution >= 0.6 is 11.3 Å². The average molecular weight is 318 g/mol. The quantitative estimate of drug-likeness (QED) is 0.564. The van der Waals surface area contributed by atoms with Crippen LogP contribution in [0.2, 0.25) is 0 Å². The van der Waals surface area contributed by atoms with Crippen LogP contribution in [0.5, 0.6) is 0 Å². The van der Waals surface area contributed by atoms with Crippen molar-refractivity contribution in [3.63, 3.8) is 0 Å². The normalized spacial score (nSPS) is 16.0. The highest BCUT2D eigenvalue weighted by Crippen LogP contribution is 2.40. The molecule has 3 heterocycles. The summed E-state index contributed by atoms with van der Waals surface area (Å²) in [6.45, 7) is 2.04. The van der Waals surface area contributed by atoms with E-state index in [1.807, 2.05) is 19.1 Å². The van der Waals surface area contributed by atoms with Crippen LogP contribution in [0.3, 0.4) is 0 Å². The predicted octanol–water partition coefficient (Wildman–Crippen LogP) is 4.44. The fourth-order valence-electron chi connectivity index (χ4n) is 3.22. The molecule has 4 nitrogen and oxygen atoms in total. The number of hydrogen-bond acceptors (Lipinski definition) is 4. The van der Waals surface area contributed by atoms with Crippen molar-refractivity contribution in [1.82, 2.24) is 14.5 Å². The lowest BCUT2D eigenvalue weighted by Crippen LogP contribution is -2.25. The van der Waals surface area contributed by atoms with Crippen molar-refractivity contribution in [2.24, 2.45) is 0 Å². The Morgan fingerprint density at radius 1 is 1.04 bits per heavy atom. The Bertz CT molecular complexity index is 1030. The molecule has 1 aliphatic rings. The Hall–Kier alpha value is -2.66. The second-order valence-electron chi connectivity index (χ2n) is 5.68. The van der Waals surface area contributed by atoms with E-state index in [-0.39, 0.29) is 6.17 Å². The first-order chi connectivity index (χ1) is 11.3. The molecule has 0 aliphatic carbocycles. The van der Waals surface area contributed by atoms with E-state index in [0.29, 0.717) is 0 Å². The van der Waals surface area contributed by atoms with Crippen LogP contribution in [0.4, 0.5) is 5.69 Å². The molecule has 0 spiro atoms. The molecule has 1 aliphatic heterocycles. The van der Waals surface area contributed by atoms with Crippen molar-refractivity contribution in [3.8, 4) is 11.4 Å². The summed E-state index contributed by atoms with van der Waals surface area (Å²) < 4.78 is 2.26. The van der Waals surface area contributed by atoms with Crippen LogP contribution in [0.25, 0.3) is 22.4 Å². The smallest absolute Gasteiger partial charge is 0.150 e. The third-order valence-electron chi connectivity index (χ3n) is 4.23. The summed E-state index contributed by atoms with van der Waals surface area (Å²) in [5.41, 5.74) is 5.40. The highest BCUT2D eigenvalue weighted by Gasteiger charge is 2.29. The molecular weight excluding hydrogens is 304 g/mol. The number of aromatic nitrogens is 3. The number of aryl methyl sites for hydroxylation is 1. The molecule has 2 aromatic carbocycles. The maximum atomic E-state index is 4.88. The van der Waals surface area contributed by atoms with Gasteiger partial charge >= 0.3 is 0 Å². The van der Waals surface area contributed by atoms with E-state index < -0.39 is 0 Å². The van der Waals surface area contributed by atoms with Gasteiger partial charge in [-0.05, 0) is 31.2 Å². The van der Waals surface area contributed by atoms with Gasteiger partial charge in [0, 0.05) is 16.6 Å². The van der Waals surface area contributed by atoms with Crippen molar-refractivity contribution in [3.05, 3.63) is 64.6 Å². The Morgan fingerprint density at radius 2 is 1.87 bits per heavy atom. The van der Waals surface area contributed by atoms with Crippen molar-refractivity contribution < 1.29 is 0 Å².